The number of nitrogen functional groups attached to an aromatic ring is 1. The van der Waals surface area contributed by atoms with Gasteiger partial charge in [-0.25, -0.2) is 0 Å². The Hall–Kier alpha value is -1.03. The molecule has 84 valence electrons. The summed E-state index contributed by atoms with van der Waals surface area (Å²) in [7, 11) is 0. The standard InChI is InChI=1S/C11H19N3O/c1-8-3-10(4-9(2)15-8)6-14-7-11(12)5-13-14/h5,7-10H,3-4,6,12H2,1-2H3/t8-,9+,10?. The van der Waals surface area contributed by atoms with Crippen molar-refractivity contribution in [3.05, 3.63) is 12.4 Å². The van der Waals surface area contributed by atoms with Crippen molar-refractivity contribution < 1.29 is 4.74 Å². The van der Waals surface area contributed by atoms with Crippen LogP contribution in [0.15, 0.2) is 12.4 Å². The molecule has 2 rings (SSSR count). The molecule has 2 N–H and O–H groups in total. The average Bonchev–Trinajstić information content (AvgIpc) is 2.49. The molecule has 1 aliphatic rings. The number of anilines is 1. The molecule has 1 unspecified atom stereocenters. The molecule has 1 fully saturated rings. The molecule has 0 saturated carbocycles. The number of nitrogens with two attached hydrogens (primary N) is 1. The van der Waals surface area contributed by atoms with Crippen LogP contribution in [0, 0.1) is 5.92 Å². The number of ether oxygens (including phenoxy) is 1. The Morgan fingerprint density at radius 2 is 2.13 bits per heavy atom. The lowest BCUT2D eigenvalue weighted by Crippen LogP contribution is -2.31. The fourth-order valence-corrected chi connectivity index (χ4v) is 2.44. The summed E-state index contributed by atoms with van der Waals surface area (Å²) in [4.78, 5) is 0. The fraction of sp³-hybridized carbons (Fsp3) is 0.727. The zero-order chi connectivity index (χ0) is 10.8. The van der Waals surface area contributed by atoms with Crippen LogP contribution in [0.5, 0.6) is 0 Å². The van der Waals surface area contributed by atoms with Crippen molar-refractivity contribution in [2.75, 3.05) is 5.73 Å². The van der Waals surface area contributed by atoms with E-state index in [4.69, 9.17) is 10.5 Å². The second kappa shape index (κ2) is 4.23. The van der Waals surface area contributed by atoms with Gasteiger partial charge in [-0.15, -0.1) is 0 Å². The molecule has 0 aliphatic carbocycles. The van der Waals surface area contributed by atoms with Gasteiger partial charge in [-0.1, -0.05) is 0 Å². The van der Waals surface area contributed by atoms with E-state index in [0.717, 1.165) is 25.1 Å². The van der Waals surface area contributed by atoms with Gasteiger partial charge in [-0.2, -0.15) is 5.10 Å². The molecule has 1 aromatic heterocycles. The zero-order valence-electron chi connectivity index (χ0n) is 9.39. The smallest absolute Gasteiger partial charge is 0.0719 e. The van der Waals surface area contributed by atoms with Gasteiger partial charge in [0.25, 0.3) is 0 Å². The van der Waals surface area contributed by atoms with E-state index in [0.29, 0.717) is 18.1 Å². The van der Waals surface area contributed by atoms with Gasteiger partial charge in [-0.3, -0.25) is 4.68 Å². The maximum atomic E-state index is 5.70. The second-order valence-electron chi connectivity index (χ2n) is 4.59. The van der Waals surface area contributed by atoms with Crippen LogP contribution in [-0.2, 0) is 11.3 Å². The third-order valence-electron chi connectivity index (χ3n) is 2.89. The minimum absolute atomic E-state index is 0.367. The van der Waals surface area contributed by atoms with Crippen molar-refractivity contribution in [2.24, 2.45) is 5.92 Å². The molecule has 0 amide bonds. The molecule has 0 radical (unpaired) electrons. The maximum Gasteiger partial charge on any atom is 0.0719 e. The van der Waals surface area contributed by atoms with Crippen LogP contribution < -0.4 is 5.73 Å². The summed E-state index contributed by atoms with van der Waals surface area (Å²) in [6.45, 7) is 5.23. The van der Waals surface area contributed by atoms with Gasteiger partial charge >= 0.3 is 0 Å². The van der Waals surface area contributed by atoms with Crippen LogP contribution in [0.2, 0.25) is 0 Å². The van der Waals surface area contributed by atoms with Crippen LogP contribution in [-0.4, -0.2) is 22.0 Å². The molecule has 0 spiro atoms. The molecular formula is C11H19N3O. The van der Waals surface area contributed by atoms with Crippen LogP contribution in [0.4, 0.5) is 5.69 Å². The number of nitrogens with zero attached hydrogens (tertiary/aromatic N) is 2. The highest BCUT2D eigenvalue weighted by Gasteiger charge is 2.24. The summed E-state index contributed by atoms with van der Waals surface area (Å²) >= 11 is 0. The van der Waals surface area contributed by atoms with E-state index in [9.17, 15) is 0 Å². The number of aromatic nitrogens is 2. The van der Waals surface area contributed by atoms with Crippen LogP contribution in [0.3, 0.4) is 0 Å². The van der Waals surface area contributed by atoms with Gasteiger partial charge in [0, 0.05) is 12.7 Å². The quantitative estimate of drug-likeness (QED) is 0.806. The largest absolute Gasteiger partial charge is 0.396 e. The van der Waals surface area contributed by atoms with E-state index in [2.05, 4.69) is 18.9 Å². The lowest BCUT2D eigenvalue weighted by Gasteiger charge is -2.31. The maximum absolute atomic E-state index is 5.70. The molecule has 3 atom stereocenters. The lowest BCUT2D eigenvalue weighted by molar-refractivity contribution is -0.0553. The third-order valence-corrected chi connectivity index (χ3v) is 2.89. The van der Waals surface area contributed by atoms with Crippen LogP contribution in [0.1, 0.15) is 26.7 Å². The van der Waals surface area contributed by atoms with Crippen molar-refractivity contribution in [3.8, 4) is 0 Å². The van der Waals surface area contributed by atoms with Gasteiger partial charge < -0.3 is 10.5 Å². The summed E-state index contributed by atoms with van der Waals surface area (Å²) in [5.74, 6) is 0.656. The molecule has 2 heterocycles. The fourth-order valence-electron chi connectivity index (χ4n) is 2.44. The molecule has 0 aromatic carbocycles. The Morgan fingerprint density at radius 1 is 1.47 bits per heavy atom. The first-order valence-corrected chi connectivity index (χ1v) is 5.57. The van der Waals surface area contributed by atoms with Crippen LogP contribution in [0.25, 0.3) is 0 Å². The average molecular weight is 209 g/mol. The Bertz CT molecular complexity index is 313. The molecule has 1 saturated heterocycles. The van der Waals surface area contributed by atoms with E-state index >= 15 is 0 Å². The van der Waals surface area contributed by atoms with Crippen molar-refractivity contribution in [1.82, 2.24) is 9.78 Å². The summed E-state index contributed by atoms with van der Waals surface area (Å²) in [5.41, 5.74) is 6.37. The lowest BCUT2D eigenvalue weighted by atomic mass is 9.93. The highest BCUT2D eigenvalue weighted by Crippen LogP contribution is 2.25. The predicted molar refractivity (Wildman–Crippen MR) is 59.4 cm³/mol. The Labute approximate surface area is 90.4 Å². The van der Waals surface area contributed by atoms with Crippen molar-refractivity contribution in [3.63, 3.8) is 0 Å². The minimum atomic E-state index is 0.367. The summed E-state index contributed by atoms with van der Waals surface area (Å²) in [5, 5.41) is 4.21. The van der Waals surface area contributed by atoms with Crippen molar-refractivity contribution in [1.29, 1.82) is 0 Å². The molecule has 1 aliphatic heterocycles. The first-order chi connectivity index (χ1) is 7.13. The minimum Gasteiger partial charge on any atom is -0.396 e. The molecule has 4 heteroatoms. The van der Waals surface area contributed by atoms with Gasteiger partial charge in [0.15, 0.2) is 0 Å². The third kappa shape index (κ3) is 2.72. The molecule has 1 aromatic rings. The Morgan fingerprint density at radius 3 is 2.67 bits per heavy atom. The second-order valence-corrected chi connectivity index (χ2v) is 4.59. The molecule has 0 bridgehead atoms. The number of hydrogen-bond acceptors (Lipinski definition) is 3. The first kappa shape index (κ1) is 10.5. The van der Waals surface area contributed by atoms with Crippen molar-refractivity contribution >= 4 is 5.69 Å². The van der Waals surface area contributed by atoms with E-state index in [1.807, 2.05) is 10.9 Å². The molecular weight excluding hydrogens is 190 g/mol. The normalized spacial score (nSPS) is 31.7. The zero-order valence-corrected chi connectivity index (χ0v) is 9.39. The summed E-state index contributed by atoms with van der Waals surface area (Å²) in [6.07, 6.45) is 6.56. The van der Waals surface area contributed by atoms with Gasteiger partial charge in [0.05, 0.1) is 24.1 Å². The highest BCUT2D eigenvalue weighted by molar-refractivity contribution is 5.30. The summed E-state index contributed by atoms with van der Waals surface area (Å²) < 4.78 is 7.64. The topological polar surface area (TPSA) is 53.1 Å². The summed E-state index contributed by atoms with van der Waals surface area (Å²) in [6, 6.07) is 0. The van der Waals surface area contributed by atoms with Gasteiger partial charge in [-0.05, 0) is 32.6 Å². The predicted octanol–water partition coefficient (Wildman–Crippen LogP) is 1.67. The number of rotatable bonds is 2. The highest BCUT2D eigenvalue weighted by atomic mass is 16.5. The Kier molecular flexibility index (Phi) is 2.95. The molecule has 4 nitrogen and oxygen atoms in total. The first-order valence-electron chi connectivity index (χ1n) is 5.57. The van der Waals surface area contributed by atoms with E-state index in [1.165, 1.54) is 0 Å². The van der Waals surface area contributed by atoms with Crippen LogP contribution >= 0.6 is 0 Å². The van der Waals surface area contributed by atoms with Gasteiger partial charge in [0.2, 0.25) is 0 Å². The van der Waals surface area contributed by atoms with E-state index in [-0.39, 0.29) is 0 Å². The monoisotopic (exact) mass is 209 g/mol. The Balaban J connectivity index is 1.94. The SMILES string of the molecule is C[C@@H]1CC(Cn2cc(N)cn2)C[C@H](C)O1. The van der Waals surface area contributed by atoms with E-state index in [1.54, 1.807) is 6.20 Å². The van der Waals surface area contributed by atoms with E-state index < -0.39 is 0 Å². The van der Waals surface area contributed by atoms with Gasteiger partial charge in [0.1, 0.15) is 0 Å². The van der Waals surface area contributed by atoms with Crippen molar-refractivity contribution in [2.45, 2.75) is 45.4 Å². The molecule has 15 heavy (non-hydrogen) atoms. The number of hydrogen-bond donors (Lipinski definition) is 1.